The normalized spacial score (nSPS) is 17.5. The van der Waals surface area contributed by atoms with Crippen LogP contribution >= 0.6 is 0 Å². The van der Waals surface area contributed by atoms with Gasteiger partial charge >= 0.3 is 0 Å². The average Bonchev–Trinajstić information content (AvgIpc) is 3.09. The van der Waals surface area contributed by atoms with Gasteiger partial charge < -0.3 is 9.54 Å². The Morgan fingerprint density at radius 2 is 1.84 bits per heavy atom. The van der Waals surface area contributed by atoms with E-state index in [2.05, 4.69) is 4.98 Å². The van der Waals surface area contributed by atoms with Crippen LogP contribution in [0.4, 0.5) is 0 Å². The predicted molar refractivity (Wildman–Crippen MR) is 101 cm³/mol. The Kier molecular flexibility index (Phi) is 5.86. The fraction of sp³-hybridized carbons (Fsp3) is 0.450. The van der Waals surface area contributed by atoms with Crippen molar-refractivity contribution in [3.63, 3.8) is 0 Å². The quantitative estimate of drug-likeness (QED) is 0.762. The molecule has 0 aliphatic heterocycles. The fourth-order valence-electron chi connectivity index (χ4n) is 3.78. The van der Waals surface area contributed by atoms with Crippen LogP contribution < -0.4 is 5.56 Å². The van der Waals surface area contributed by atoms with Crippen LogP contribution in [0, 0.1) is 12.8 Å². The van der Waals surface area contributed by atoms with Gasteiger partial charge in [-0.05, 0) is 36.5 Å². The van der Waals surface area contributed by atoms with Crippen LogP contribution in [0.25, 0.3) is 0 Å². The van der Waals surface area contributed by atoms with E-state index in [-0.39, 0.29) is 17.2 Å². The van der Waals surface area contributed by atoms with Gasteiger partial charge in [0, 0.05) is 17.2 Å². The van der Waals surface area contributed by atoms with Gasteiger partial charge in [0.15, 0.2) is 11.1 Å². The predicted octanol–water partition coefficient (Wildman–Crippen LogP) is 4.12. The molecular weight excluding hydrogens is 334 g/mol. The molecule has 0 bridgehead atoms. The molecule has 0 radical (unpaired) electrons. The van der Waals surface area contributed by atoms with Crippen LogP contribution in [0.3, 0.4) is 0 Å². The number of aromatic amines is 1. The number of H-pyrrole nitrogens is 1. The van der Waals surface area contributed by atoms with E-state index in [9.17, 15) is 9.00 Å². The lowest BCUT2D eigenvalue weighted by molar-refractivity contribution is 0.468. The maximum absolute atomic E-state index is 12.1. The van der Waals surface area contributed by atoms with Crippen molar-refractivity contribution < 1.29 is 8.76 Å². The smallest absolute Gasteiger partial charge is 0.251 e. The lowest BCUT2D eigenvalue weighted by Gasteiger charge is -2.22. The molecule has 2 atom stereocenters. The van der Waals surface area contributed by atoms with Crippen LogP contribution in [-0.4, -0.2) is 13.7 Å². The van der Waals surface area contributed by atoms with Crippen molar-refractivity contribution in [2.45, 2.75) is 50.7 Å². The Balaban J connectivity index is 1.90. The first-order chi connectivity index (χ1) is 12.0. The van der Waals surface area contributed by atoms with E-state index in [1.165, 1.54) is 25.7 Å². The van der Waals surface area contributed by atoms with E-state index in [1.54, 1.807) is 0 Å². The van der Waals surface area contributed by atoms with Gasteiger partial charge in [-0.15, -0.1) is 0 Å². The summed E-state index contributed by atoms with van der Waals surface area (Å²) in [7, 11) is 0. The molecule has 5 heteroatoms. The van der Waals surface area contributed by atoms with Gasteiger partial charge in [-0.25, -0.2) is 4.21 Å². The lowest BCUT2D eigenvalue weighted by Crippen LogP contribution is -2.16. The van der Waals surface area contributed by atoms with Gasteiger partial charge in [-0.2, -0.15) is 0 Å². The number of pyridine rings is 1. The highest BCUT2D eigenvalue weighted by Gasteiger charge is 2.23. The van der Waals surface area contributed by atoms with E-state index >= 15 is 0 Å². The Hall–Kier alpha value is -1.72. The third-order valence-electron chi connectivity index (χ3n) is 5.22. The number of nitrogens with one attached hydrogen (secondary N) is 1. The first-order valence-corrected chi connectivity index (χ1v) is 10.2. The second-order valence-corrected chi connectivity index (χ2v) is 8.00. The lowest BCUT2D eigenvalue weighted by atomic mass is 9.85. The summed E-state index contributed by atoms with van der Waals surface area (Å²) in [4.78, 5) is 15.1. The van der Waals surface area contributed by atoms with Crippen molar-refractivity contribution in [1.29, 1.82) is 0 Å². The van der Waals surface area contributed by atoms with Crippen LogP contribution in [-0.2, 0) is 16.8 Å². The van der Waals surface area contributed by atoms with Crippen molar-refractivity contribution in [2.24, 2.45) is 5.92 Å². The van der Waals surface area contributed by atoms with E-state index in [1.807, 2.05) is 43.3 Å². The van der Waals surface area contributed by atoms with Crippen LogP contribution in [0.15, 0.2) is 41.2 Å². The van der Waals surface area contributed by atoms with Crippen molar-refractivity contribution >= 4 is 11.1 Å². The largest absolute Gasteiger partial charge is 0.325 e. The summed E-state index contributed by atoms with van der Waals surface area (Å²) < 4.78 is 20.0. The van der Waals surface area contributed by atoms with Crippen LogP contribution in [0.2, 0.25) is 0 Å². The number of hydrogen-bond donors (Lipinski definition) is 2. The second-order valence-electron chi connectivity index (χ2n) is 7.07. The van der Waals surface area contributed by atoms with Gasteiger partial charge in [-0.1, -0.05) is 56.0 Å². The van der Waals surface area contributed by atoms with Gasteiger partial charge in [0.2, 0.25) is 0 Å². The van der Waals surface area contributed by atoms with Crippen molar-refractivity contribution in [3.8, 4) is 0 Å². The molecule has 1 aromatic carbocycles. The minimum absolute atomic E-state index is 0.0266. The standard InChI is InChI=1S/C20H25NO3S/c1-14-6-11-19(21-20(14)22)18(12-15-4-2-3-5-15)17-9-7-16(8-10-17)13-25(23)24/h6-11,15,18H,2-5,12-13H2,1H3,(H,21,22)(H,23,24). The number of benzene rings is 1. The van der Waals surface area contributed by atoms with Crippen molar-refractivity contribution in [2.75, 3.05) is 0 Å². The molecule has 0 spiro atoms. The number of hydrogen-bond acceptors (Lipinski definition) is 2. The van der Waals surface area contributed by atoms with Crippen LogP contribution in [0.5, 0.6) is 0 Å². The number of aryl methyl sites for hydroxylation is 1. The molecule has 1 aliphatic carbocycles. The highest BCUT2D eigenvalue weighted by molar-refractivity contribution is 7.78. The summed E-state index contributed by atoms with van der Waals surface area (Å²) in [5.74, 6) is 0.999. The molecule has 1 heterocycles. The molecule has 2 aromatic rings. The average molecular weight is 359 g/mol. The van der Waals surface area contributed by atoms with Crippen molar-refractivity contribution in [3.05, 3.63) is 69.1 Å². The molecular formula is C20H25NO3S. The first kappa shape index (κ1) is 18.1. The molecule has 2 unspecified atom stereocenters. The maximum atomic E-state index is 12.1. The maximum Gasteiger partial charge on any atom is 0.251 e. The zero-order valence-electron chi connectivity index (χ0n) is 14.5. The van der Waals surface area contributed by atoms with Gasteiger partial charge in [0.1, 0.15) is 0 Å². The molecule has 25 heavy (non-hydrogen) atoms. The molecule has 1 aliphatic rings. The summed E-state index contributed by atoms with van der Waals surface area (Å²) in [5, 5.41) is 0. The third kappa shape index (κ3) is 4.67. The Morgan fingerprint density at radius 3 is 2.44 bits per heavy atom. The van der Waals surface area contributed by atoms with Gasteiger partial charge in [0.05, 0.1) is 5.75 Å². The Morgan fingerprint density at radius 1 is 1.16 bits per heavy atom. The molecule has 4 nitrogen and oxygen atoms in total. The molecule has 2 N–H and O–H groups in total. The Bertz CT molecular complexity index is 791. The zero-order chi connectivity index (χ0) is 17.8. The molecule has 1 fully saturated rings. The summed E-state index contributed by atoms with van der Waals surface area (Å²) >= 11 is -1.83. The SMILES string of the molecule is Cc1ccc(C(CC2CCCC2)c2ccc(CS(=O)O)cc2)[nH]c1=O. The zero-order valence-corrected chi connectivity index (χ0v) is 15.3. The van der Waals surface area contributed by atoms with Crippen LogP contribution in [0.1, 0.15) is 60.4 Å². The summed E-state index contributed by atoms with van der Waals surface area (Å²) in [6, 6.07) is 11.8. The Labute approximate surface area is 151 Å². The molecule has 1 saturated carbocycles. The van der Waals surface area contributed by atoms with Gasteiger partial charge in [0.25, 0.3) is 5.56 Å². The van der Waals surface area contributed by atoms with E-state index in [0.717, 1.165) is 28.8 Å². The minimum Gasteiger partial charge on any atom is -0.325 e. The summed E-state index contributed by atoms with van der Waals surface area (Å²) in [6.45, 7) is 1.82. The highest BCUT2D eigenvalue weighted by atomic mass is 32.2. The van der Waals surface area contributed by atoms with E-state index < -0.39 is 11.1 Å². The molecule has 1 aromatic heterocycles. The molecule has 0 amide bonds. The third-order valence-corrected chi connectivity index (χ3v) is 5.80. The van der Waals surface area contributed by atoms with Gasteiger partial charge in [-0.3, -0.25) is 4.79 Å². The van der Waals surface area contributed by atoms with E-state index in [0.29, 0.717) is 5.92 Å². The summed E-state index contributed by atoms with van der Waals surface area (Å²) in [6.07, 6.45) is 6.14. The second kappa shape index (κ2) is 8.11. The number of rotatable bonds is 6. The molecule has 3 rings (SSSR count). The molecule has 0 saturated heterocycles. The fourth-order valence-corrected chi connectivity index (χ4v) is 4.25. The summed E-state index contributed by atoms with van der Waals surface area (Å²) in [5.41, 5.74) is 3.66. The van der Waals surface area contributed by atoms with E-state index in [4.69, 9.17) is 4.55 Å². The topological polar surface area (TPSA) is 70.2 Å². The molecule has 134 valence electrons. The first-order valence-electron chi connectivity index (χ1n) is 8.89. The van der Waals surface area contributed by atoms with Crippen molar-refractivity contribution in [1.82, 2.24) is 4.98 Å². The number of aromatic nitrogens is 1. The monoisotopic (exact) mass is 359 g/mol. The highest BCUT2D eigenvalue weighted by Crippen LogP contribution is 2.37. The minimum atomic E-state index is -1.83.